The molecule has 1 aromatic carbocycles. The number of ether oxygens (including phenoxy) is 3. The summed E-state index contributed by atoms with van der Waals surface area (Å²) < 4.78 is 18.3. The number of hydrogen-bond donors (Lipinski definition) is 0. The molecule has 0 N–H and O–H groups in total. The molecule has 27 heavy (non-hydrogen) atoms. The number of rotatable bonds is 7. The Hall–Kier alpha value is -2.54. The number of nitrogens with zero attached hydrogens (tertiary/aromatic N) is 3. The first kappa shape index (κ1) is 19.2. The number of carbonyl (C=O) groups excluding carboxylic acids is 1. The van der Waals surface area contributed by atoms with Gasteiger partial charge in [-0.15, -0.1) is 0 Å². The molecule has 1 aliphatic heterocycles. The van der Waals surface area contributed by atoms with Gasteiger partial charge in [0, 0.05) is 25.4 Å². The highest BCUT2D eigenvalue weighted by Gasteiger charge is 2.24. The highest BCUT2D eigenvalue weighted by molar-refractivity contribution is 5.93. The summed E-state index contributed by atoms with van der Waals surface area (Å²) in [6.07, 6.45) is 6.99. The molecule has 1 fully saturated rings. The molecule has 3 rings (SSSR count). The summed E-state index contributed by atoms with van der Waals surface area (Å²) >= 11 is 0. The van der Waals surface area contributed by atoms with E-state index in [1.807, 2.05) is 31.4 Å². The van der Waals surface area contributed by atoms with Crippen molar-refractivity contribution >= 4 is 11.6 Å². The molecule has 1 aliphatic rings. The number of methoxy groups -OCH3 is 2. The minimum Gasteiger partial charge on any atom is -0.497 e. The van der Waals surface area contributed by atoms with E-state index in [0.717, 1.165) is 42.9 Å². The SMILES string of the molecule is COc1ccc(OC)c(CN(C(=O)CC2CCCCO2)c2cnn(C)c2)c1. The largest absolute Gasteiger partial charge is 0.497 e. The van der Waals surface area contributed by atoms with Crippen LogP contribution in [0.4, 0.5) is 5.69 Å². The lowest BCUT2D eigenvalue weighted by atomic mass is 10.1. The van der Waals surface area contributed by atoms with Crippen LogP contribution in [0.25, 0.3) is 0 Å². The summed E-state index contributed by atoms with van der Waals surface area (Å²) in [6.45, 7) is 1.10. The van der Waals surface area contributed by atoms with Crippen molar-refractivity contribution in [2.75, 3.05) is 25.7 Å². The number of carbonyl (C=O) groups is 1. The van der Waals surface area contributed by atoms with Gasteiger partial charge in [-0.05, 0) is 37.5 Å². The minimum atomic E-state index is -0.0161. The molecule has 1 unspecified atom stereocenters. The zero-order chi connectivity index (χ0) is 19.2. The maximum atomic E-state index is 13.1. The van der Waals surface area contributed by atoms with Crippen LogP contribution in [0.3, 0.4) is 0 Å². The Morgan fingerprint density at radius 2 is 2.19 bits per heavy atom. The van der Waals surface area contributed by atoms with Crippen molar-refractivity contribution in [2.24, 2.45) is 7.05 Å². The Labute approximate surface area is 159 Å². The molecule has 1 saturated heterocycles. The summed E-state index contributed by atoms with van der Waals surface area (Å²) in [7, 11) is 5.08. The third-order valence-corrected chi connectivity index (χ3v) is 4.80. The van der Waals surface area contributed by atoms with E-state index in [1.54, 1.807) is 30.0 Å². The van der Waals surface area contributed by atoms with Gasteiger partial charge in [0.1, 0.15) is 11.5 Å². The molecule has 0 aliphatic carbocycles. The van der Waals surface area contributed by atoms with Crippen LogP contribution < -0.4 is 14.4 Å². The van der Waals surface area contributed by atoms with Crippen molar-refractivity contribution in [3.05, 3.63) is 36.2 Å². The number of aromatic nitrogens is 2. The van der Waals surface area contributed by atoms with Crippen LogP contribution in [0.2, 0.25) is 0 Å². The fourth-order valence-corrected chi connectivity index (χ4v) is 3.32. The van der Waals surface area contributed by atoms with Gasteiger partial charge >= 0.3 is 0 Å². The van der Waals surface area contributed by atoms with Crippen molar-refractivity contribution < 1.29 is 19.0 Å². The Balaban J connectivity index is 1.85. The third kappa shape index (κ3) is 4.80. The quantitative estimate of drug-likeness (QED) is 0.747. The molecule has 1 atom stereocenters. The second kappa shape index (κ2) is 8.90. The van der Waals surface area contributed by atoms with Gasteiger partial charge in [0.2, 0.25) is 5.91 Å². The first-order valence-electron chi connectivity index (χ1n) is 9.22. The third-order valence-electron chi connectivity index (χ3n) is 4.80. The molecule has 0 radical (unpaired) electrons. The Bertz CT molecular complexity index is 768. The molecule has 7 heteroatoms. The van der Waals surface area contributed by atoms with Gasteiger partial charge in [0.25, 0.3) is 0 Å². The summed E-state index contributed by atoms with van der Waals surface area (Å²) in [6, 6.07) is 5.59. The van der Waals surface area contributed by atoms with E-state index >= 15 is 0 Å². The first-order valence-corrected chi connectivity index (χ1v) is 9.22. The normalized spacial score (nSPS) is 16.8. The molecule has 0 saturated carbocycles. The van der Waals surface area contributed by atoms with Gasteiger partial charge in [-0.1, -0.05) is 0 Å². The van der Waals surface area contributed by atoms with E-state index < -0.39 is 0 Å². The van der Waals surface area contributed by atoms with Crippen molar-refractivity contribution in [3.8, 4) is 11.5 Å². The zero-order valence-corrected chi connectivity index (χ0v) is 16.2. The average molecular weight is 373 g/mol. The Morgan fingerprint density at radius 3 is 2.81 bits per heavy atom. The van der Waals surface area contributed by atoms with Crippen LogP contribution in [-0.4, -0.2) is 42.6 Å². The van der Waals surface area contributed by atoms with Gasteiger partial charge in [-0.3, -0.25) is 9.48 Å². The van der Waals surface area contributed by atoms with Gasteiger partial charge in [0.05, 0.1) is 45.2 Å². The van der Waals surface area contributed by atoms with Gasteiger partial charge in [-0.2, -0.15) is 5.10 Å². The zero-order valence-electron chi connectivity index (χ0n) is 16.2. The van der Waals surface area contributed by atoms with Crippen LogP contribution in [0, 0.1) is 0 Å². The van der Waals surface area contributed by atoms with E-state index in [0.29, 0.717) is 18.7 Å². The fourth-order valence-electron chi connectivity index (χ4n) is 3.32. The lowest BCUT2D eigenvalue weighted by molar-refractivity contribution is -0.122. The predicted octanol–water partition coefficient (Wildman–Crippen LogP) is 2.93. The minimum absolute atomic E-state index is 0.0137. The number of benzene rings is 1. The molecule has 7 nitrogen and oxygen atoms in total. The molecule has 1 amide bonds. The highest BCUT2D eigenvalue weighted by Crippen LogP contribution is 2.28. The van der Waals surface area contributed by atoms with E-state index in [2.05, 4.69) is 5.10 Å². The Morgan fingerprint density at radius 1 is 1.33 bits per heavy atom. The van der Waals surface area contributed by atoms with Gasteiger partial charge in [-0.25, -0.2) is 0 Å². The smallest absolute Gasteiger partial charge is 0.230 e. The van der Waals surface area contributed by atoms with Crippen molar-refractivity contribution in [3.63, 3.8) is 0 Å². The van der Waals surface area contributed by atoms with Crippen molar-refractivity contribution in [2.45, 2.75) is 38.3 Å². The van der Waals surface area contributed by atoms with Crippen molar-refractivity contribution in [1.82, 2.24) is 9.78 Å². The van der Waals surface area contributed by atoms with Crippen molar-refractivity contribution in [1.29, 1.82) is 0 Å². The summed E-state index contributed by atoms with van der Waals surface area (Å²) in [5.74, 6) is 1.45. The molecular formula is C20H27N3O4. The van der Waals surface area contributed by atoms with E-state index in [9.17, 15) is 4.79 Å². The van der Waals surface area contributed by atoms with Crippen LogP contribution in [0.15, 0.2) is 30.6 Å². The van der Waals surface area contributed by atoms with E-state index in [4.69, 9.17) is 14.2 Å². The van der Waals surface area contributed by atoms with Crippen LogP contribution >= 0.6 is 0 Å². The van der Waals surface area contributed by atoms with Crippen LogP contribution in [0.1, 0.15) is 31.2 Å². The van der Waals surface area contributed by atoms with E-state index in [1.165, 1.54) is 0 Å². The second-order valence-corrected chi connectivity index (χ2v) is 6.72. The van der Waals surface area contributed by atoms with Crippen LogP contribution in [0.5, 0.6) is 11.5 Å². The lowest BCUT2D eigenvalue weighted by Gasteiger charge is -2.27. The monoisotopic (exact) mass is 373 g/mol. The second-order valence-electron chi connectivity index (χ2n) is 6.72. The molecule has 146 valence electrons. The average Bonchev–Trinajstić information content (AvgIpc) is 3.12. The van der Waals surface area contributed by atoms with E-state index in [-0.39, 0.29) is 12.0 Å². The van der Waals surface area contributed by atoms with Gasteiger partial charge in [0.15, 0.2) is 0 Å². The maximum absolute atomic E-state index is 13.1. The lowest BCUT2D eigenvalue weighted by Crippen LogP contribution is -2.34. The molecule has 2 aromatic rings. The fraction of sp³-hybridized carbons (Fsp3) is 0.500. The molecule has 1 aromatic heterocycles. The number of aryl methyl sites for hydroxylation is 1. The number of amides is 1. The topological polar surface area (TPSA) is 65.8 Å². The molecule has 0 spiro atoms. The summed E-state index contributed by atoms with van der Waals surface area (Å²) in [5.41, 5.74) is 1.63. The first-order chi connectivity index (χ1) is 13.1. The highest BCUT2D eigenvalue weighted by atomic mass is 16.5. The molecular weight excluding hydrogens is 346 g/mol. The molecule has 0 bridgehead atoms. The van der Waals surface area contributed by atoms with Crippen LogP contribution in [-0.2, 0) is 23.1 Å². The summed E-state index contributed by atoms with van der Waals surface area (Å²) in [5, 5.41) is 4.22. The maximum Gasteiger partial charge on any atom is 0.230 e. The molecule has 2 heterocycles. The number of anilines is 1. The predicted molar refractivity (Wildman–Crippen MR) is 102 cm³/mol. The number of hydrogen-bond acceptors (Lipinski definition) is 5. The van der Waals surface area contributed by atoms with Gasteiger partial charge < -0.3 is 19.1 Å². The summed E-state index contributed by atoms with van der Waals surface area (Å²) in [4.78, 5) is 14.9. The standard InChI is InChI=1S/C20H27N3O4/c1-22-14-16(12-21-22)23(20(24)11-18-6-4-5-9-27-18)13-15-10-17(25-2)7-8-19(15)26-3/h7-8,10,12,14,18H,4-6,9,11,13H2,1-3H3. The Kier molecular flexibility index (Phi) is 6.34.